The summed E-state index contributed by atoms with van der Waals surface area (Å²) in [6, 6.07) is 8.96. The van der Waals surface area contributed by atoms with Crippen LogP contribution < -0.4 is 0 Å². The van der Waals surface area contributed by atoms with Crippen LogP contribution in [0, 0.1) is 0 Å². The molecule has 0 amide bonds. The van der Waals surface area contributed by atoms with Crippen LogP contribution in [-0.2, 0) is 6.54 Å². The van der Waals surface area contributed by atoms with E-state index in [1.54, 1.807) is 24.3 Å². The van der Waals surface area contributed by atoms with E-state index in [1.165, 1.54) is 4.57 Å². The predicted octanol–water partition coefficient (Wildman–Crippen LogP) is 1.64. The van der Waals surface area contributed by atoms with Crippen LogP contribution in [0.4, 0.5) is 0 Å². The van der Waals surface area contributed by atoms with E-state index in [9.17, 15) is 14.7 Å². The summed E-state index contributed by atoms with van der Waals surface area (Å²) in [5.74, 6) is -3.47. The highest BCUT2D eigenvalue weighted by atomic mass is 16.4. The Bertz CT molecular complexity index is 630. The summed E-state index contributed by atoms with van der Waals surface area (Å²) in [7, 11) is 0. The fourth-order valence-electron chi connectivity index (χ4n) is 1.83. The number of aromatic carboxylic acids is 2. The molecule has 3 N–H and O–H groups in total. The molecule has 6 nitrogen and oxygen atoms in total. The summed E-state index contributed by atoms with van der Waals surface area (Å²) >= 11 is 0. The number of nitrogens with zero attached hydrogens (tertiary/aromatic N) is 1. The lowest BCUT2D eigenvalue weighted by Gasteiger charge is -2.06. The maximum atomic E-state index is 11.1. The molecule has 2 aromatic rings. The third-order valence-electron chi connectivity index (χ3n) is 2.68. The number of carbonyl (C=O) groups is 2. The van der Waals surface area contributed by atoms with Gasteiger partial charge in [-0.25, -0.2) is 9.59 Å². The topological polar surface area (TPSA) is 99.8 Å². The van der Waals surface area contributed by atoms with Gasteiger partial charge in [-0.1, -0.05) is 30.3 Å². The number of carboxylic acids is 2. The Kier molecular flexibility index (Phi) is 3.24. The van der Waals surface area contributed by atoms with Gasteiger partial charge in [0.2, 0.25) is 0 Å². The molecule has 0 aliphatic heterocycles. The highest BCUT2D eigenvalue weighted by molar-refractivity contribution is 5.98. The van der Waals surface area contributed by atoms with Crippen molar-refractivity contribution in [1.29, 1.82) is 0 Å². The van der Waals surface area contributed by atoms with E-state index in [1.807, 2.05) is 6.07 Å². The molecular weight excluding hydrogens is 250 g/mol. The average molecular weight is 261 g/mol. The molecule has 0 fully saturated rings. The number of benzene rings is 1. The summed E-state index contributed by atoms with van der Waals surface area (Å²) in [6.07, 6.45) is 1.12. The summed E-state index contributed by atoms with van der Waals surface area (Å²) in [6.45, 7) is 0.170. The fourth-order valence-corrected chi connectivity index (χ4v) is 1.83. The first kappa shape index (κ1) is 12.7. The number of aromatic nitrogens is 1. The molecule has 1 heterocycles. The lowest BCUT2D eigenvalue weighted by atomic mass is 10.2. The third kappa shape index (κ3) is 2.42. The highest BCUT2D eigenvalue weighted by Crippen LogP contribution is 2.26. The number of rotatable bonds is 4. The maximum Gasteiger partial charge on any atom is 0.356 e. The van der Waals surface area contributed by atoms with Gasteiger partial charge in [-0.05, 0) is 5.56 Å². The monoisotopic (exact) mass is 261 g/mol. The Balaban J connectivity index is 2.48. The second-order valence-corrected chi connectivity index (χ2v) is 3.96. The van der Waals surface area contributed by atoms with E-state index in [0.717, 1.165) is 11.8 Å². The fraction of sp³-hybridized carbons (Fsp3) is 0.0769. The standard InChI is InChI=1S/C13H11NO5/c15-11-9(12(16)17)7-14(10(11)13(18)19)6-8-4-2-1-3-5-8/h1-5,7,15H,6H2,(H,16,17)(H,18,19). The van der Waals surface area contributed by atoms with Gasteiger partial charge in [0.05, 0.1) is 0 Å². The van der Waals surface area contributed by atoms with E-state index in [2.05, 4.69) is 0 Å². The second-order valence-electron chi connectivity index (χ2n) is 3.96. The molecule has 1 aromatic carbocycles. The van der Waals surface area contributed by atoms with Gasteiger partial charge in [0.15, 0.2) is 11.4 Å². The van der Waals surface area contributed by atoms with Gasteiger partial charge < -0.3 is 19.9 Å². The van der Waals surface area contributed by atoms with Gasteiger partial charge >= 0.3 is 11.9 Å². The van der Waals surface area contributed by atoms with Crippen LogP contribution in [0.1, 0.15) is 26.4 Å². The van der Waals surface area contributed by atoms with Crippen molar-refractivity contribution in [3.8, 4) is 5.75 Å². The second kappa shape index (κ2) is 4.85. The molecule has 1 aromatic heterocycles. The Labute approximate surface area is 108 Å². The van der Waals surface area contributed by atoms with Crippen LogP contribution in [-0.4, -0.2) is 31.8 Å². The van der Waals surface area contributed by atoms with Crippen LogP contribution >= 0.6 is 0 Å². The molecule has 0 bridgehead atoms. The largest absolute Gasteiger partial charge is 0.505 e. The molecule has 2 rings (SSSR count). The van der Waals surface area contributed by atoms with E-state index in [0.29, 0.717) is 0 Å². The van der Waals surface area contributed by atoms with Crippen LogP contribution in [0.3, 0.4) is 0 Å². The highest BCUT2D eigenvalue weighted by Gasteiger charge is 2.24. The normalized spacial score (nSPS) is 10.3. The molecule has 98 valence electrons. The van der Waals surface area contributed by atoms with Crippen LogP contribution in [0.5, 0.6) is 5.75 Å². The smallest absolute Gasteiger partial charge is 0.356 e. The minimum absolute atomic E-state index is 0.170. The van der Waals surface area contributed by atoms with Crippen LogP contribution in [0.15, 0.2) is 36.5 Å². The van der Waals surface area contributed by atoms with Gasteiger partial charge in [0.25, 0.3) is 0 Å². The lowest BCUT2D eigenvalue weighted by Crippen LogP contribution is -2.08. The molecule has 0 saturated carbocycles. The molecule has 0 radical (unpaired) electrons. The minimum atomic E-state index is -1.37. The molecular formula is C13H11NO5. The number of aromatic hydroxyl groups is 1. The van der Waals surface area contributed by atoms with Crippen molar-refractivity contribution in [3.63, 3.8) is 0 Å². The molecule has 0 aliphatic rings. The van der Waals surface area contributed by atoms with E-state index >= 15 is 0 Å². The van der Waals surface area contributed by atoms with Gasteiger partial charge in [0, 0.05) is 12.7 Å². The molecule has 19 heavy (non-hydrogen) atoms. The zero-order valence-corrected chi connectivity index (χ0v) is 9.78. The zero-order valence-electron chi connectivity index (χ0n) is 9.78. The van der Waals surface area contributed by atoms with Crippen molar-refractivity contribution in [2.24, 2.45) is 0 Å². The molecule has 0 unspecified atom stereocenters. The van der Waals surface area contributed by atoms with Crippen molar-refractivity contribution >= 4 is 11.9 Å². The quantitative estimate of drug-likeness (QED) is 0.776. The molecule has 0 saturated heterocycles. The molecule has 0 atom stereocenters. The Morgan fingerprint density at radius 2 is 1.68 bits per heavy atom. The van der Waals surface area contributed by atoms with Crippen LogP contribution in [0.25, 0.3) is 0 Å². The minimum Gasteiger partial charge on any atom is -0.505 e. The summed E-state index contributed by atoms with van der Waals surface area (Å²) in [5.41, 5.74) is -0.0495. The van der Waals surface area contributed by atoms with E-state index < -0.39 is 28.9 Å². The van der Waals surface area contributed by atoms with Gasteiger partial charge in [-0.2, -0.15) is 0 Å². The first-order chi connectivity index (χ1) is 9.00. The van der Waals surface area contributed by atoms with Crippen molar-refractivity contribution in [1.82, 2.24) is 4.57 Å². The van der Waals surface area contributed by atoms with E-state index in [4.69, 9.17) is 10.2 Å². The van der Waals surface area contributed by atoms with Crippen molar-refractivity contribution in [2.45, 2.75) is 6.54 Å². The average Bonchev–Trinajstić information content (AvgIpc) is 2.67. The predicted molar refractivity (Wildman–Crippen MR) is 65.6 cm³/mol. The zero-order chi connectivity index (χ0) is 14.0. The van der Waals surface area contributed by atoms with Crippen molar-refractivity contribution in [2.75, 3.05) is 0 Å². The third-order valence-corrected chi connectivity index (χ3v) is 2.68. The molecule has 0 aliphatic carbocycles. The number of carboxylic acid groups (broad SMARTS) is 2. The summed E-state index contributed by atoms with van der Waals surface area (Å²) in [4.78, 5) is 22.0. The van der Waals surface area contributed by atoms with Crippen molar-refractivity contribution in [3.05, 3.63) is 53.3 Å². The Morgan fingerprint density at radius 3 is 2.21 bits per heavy atom. The first-order valence-electron chi connectivity index (χ1n) is 5.43. The van der Waals surface area contributed by atoms with Gasteiger partial charge in [-0.15, -0.1) is 0 Å². The summed E-state index contributed by atoms with van der Waals surface area (Å²) < 4.78 is 1.20. The Hall–Kier alpha value is -2.76. The maximum absolute atomic E-state index is 11.1. The van der Waals surface area contributed by atoms with Crippen molar-refractivity contribution < 1.29 is 24.9 Å². The van der Waals surface area contributed by atoms with Crippen LogP contribution in [0.2, 0.25) is 0 Å². The number of hydrogen-bond donors (Lipinski definition) is 3. The first-order valence-corrected chi connectivity index (χ1v) is 5.43. The van der Waals surface area contributed by atoms with E-state index in [-0.39, 0.29) is 6.54 Å². The summed E-state index contributed by atoms with van der Waals surface area (Å²) in [5, 5.41) is 27.6. The van der Waals surface area contributed by atoms with Gasteiger partial charge in [0.1, 0.15) is 5.56 Å². The molecule has 6 heteroatoms. The molecule has 0 spiro atoms. The number of hydrogen-bond acceptors (Lipinski definition) is 3. The SMILES string of the molecule is O=C(O)c1cn(Cc2ccccc2)c(C(=O)O)c1O. The van der Waals surface area contributed by atoms with Gasteiger partial charge in [-0.3, -0.25) is 0 Å². The lowest BCUT2D eigenvalue weighted by molar-refractivity contribution is 0.0681. The Morgan fingerprint density at radius 1 is 1.05 bits per heavy atom.